The third kappa shape index (κ3) is 5.65. The second-order valence-corrected chi connectivity index (χ2v) is 9.21. The Morgan fingerprint density at radius 3 is 2.37 bits per heavy atom. The summed E-state index contributed by atoms with van der Waals surface area (Å²) >= 11 is 0. The molecule has 1 amide bonds. The van der Waals surface area contributed by atoms with Crippen molar-refractivity contribution in [3.63, 3.8) is 0 Å². The minimum atomic E-state index is -0.814. The summed E-state index contributed by atoms with van der Waals surface area (Å²) in [6.45, 7) is 1.20. The largest absolute Gasteiger partial charge is 0.507 e. The van der Waals surface area contributed by atoms with Gasteiger partial charge in [0.1, 0.15) is 29.6 Å². The first-order chi connectivity index (χ1) is 18.3. The van der Waals surface area contributed by atoms with Gasteiger partial charge in [-0.2, -0.15) is 0 Å². The van der Waals surface area contributed by atoms with Crippen molar-refractivity contribution in [2.24, 2.45) is 0 Å². The summed E-state index contributed by atoms with van der Waals surface area (Å²) in [5.41, 5.74) is 1.91. The molecule has 8 heteroatoms. The number of rotatable bonds is 10. The number of Topliss-reactive ketones (excluding diaryl/α,β-unsaturated/α-hetero) is 1. The molecule has 1 fully saturated rings. The van der Waals surface area contributed by atoms with Gasteiger partial charge in [0.25, 0.3) is 11.7 Å². The summed E-state index contributed by atoms with van der Waals surface area (Å²) in [5, 5.41) is 11.5. The molecule has 1 aliphatic heterocycles. The van der Waals surface area contributed by atoms with Crippen LogP contribution in [-0.4, -0.2) is 68.0 Å². The molecule has 0 spiro atoms. The van der Waals surface area contributed by atoms with Gasteiger partial charge in [-0.1, -0.05) is 42.5 Å². The molecule has 3 aromatic carbocycles. The average molecular weight is 517 g/mol. The number of methoxy groups -OCH3 is 2. The maximum absolute atomic E-state index is 13.4. The fourth-order valence-electron chi connectivity index (χ4n) is 4.42. The van der Waals surface area contributed by atoms with E-state index in [1.807, 2.05) is 67.5 Å². The predicted octanol–water partition coefficient (Wildman–Crippen LogP) is 4.27. The van der Waals surface area contributed by atoms with E-state index < -0.39 is 17.7 Å². The molecular formula is C30H32N2O6. The van der Waals surface area contributed by atoms with Crippen molar-refractivity contribution in [2.75, 3.05) is 41.4 Å². The molecule has 1 atom stereocenters. The van der Waals surface area contributed by atoms with Crippen LogP contribution in [0.3, 0.4) is 0 Å². The van der Waals surface area contributed by atoms with E-state index in [1.54, 1.807) is 24.3 Å². The maximum Gasteiger partial charge on any atom is 0.295 e. The highest BCUT2D eigenvalue weighted by Gasteiger charge is 2.46. The van der Waals surface area contributed by atoms with E-state index >= 15 is 0 Å². The molecular weight excluding hydrogens is 484 g/mol. The number of aliphatic hydroxyl groups excluding tert-OH is 1. The molecule has 38 heavy (non-hydrogen) atoms. The van der Waals surface area contributed by atoms with Crippen LogP contribution in [0.4, 0.5) is 0 Å². The van der Waals surface area contributed by atoms with E-state index in [1.165, 1.54) is 19.1 Å². The molecule has 0 saturated carbocycles. The Kier molecular flexibility index (Phi) is 8.33. The van der Waals surface area contributed by atoms with Crippen LogP contribution in [-0.2, 0) is 16.2 Å². The van der Waals surface area contributed by atoms with Gasteiger partial charge in [0.15, 0.2) is 0 Å². The Morgan fingerprint density at radius 2 is 1.68 bits per heavy atom. The van der Waals surface area contributed by atoms with Crippen molar-refractivity contribution in [2.45, 2.75) is 12.6 Å². The van der Waals surface area contributed by atoms with Crippen molar-refractivity contribution >= 4 is 17.4 Å². The van der Waals surface area contributed by atoms with Crippen molar-refractivity contribution in [1.82, 2.24) is 9.80 Å². The monoisotopic (exact) mass is 516 g/mol. The van der Waals surface area contributed by atoms with Gasteiger partial charge in [-0.25, -0.2) is 0 Å². The number of carbonyl (C=O) groups is 2. The van der Waals surface area contributed by atoms with Gasteiger partial charge < -0.3 is 29.1 Å². The highest BCUT2D eigenvalue weighted by Crippen LogP contribution is 2.42. The molecule has 1 heterocycles. The molecule has 0 aliphatic carbocycles. The first-order valence-corrected chi connectivity index (χ1v) is 12.3. The lowest BCUT2D eigenvalue weighted by Gasteiger charge is -2.27. The lowest BCUT2D eigenvalue weighted by Crippen LogP contribution is -2.35. The number of likely N-dealkylation sites (tertiary alicyclic amines) is 1. The first kappa shape index (κ1) is 26.8. The topological polar surface area (TPSA) is 88.5 Å². The summed E-state index contributed by atoms with van der Waals surface area (Å²) in [6.07, 6.45) is 0. The molecule has 1 saturated heterocycles. The van der Waals surface area contributed by atoms with Crippen LogP contribution in [0.1, 0.15) is 22.7 Å². The molecule has 1 N–H and O–H groups in total. The van der Waals surface area contributed by atoms with Gasteiger partial charge >= 0.3 is 0 Å². The van der Waals surface area contributed by atoms with E-state index in [2.05, 4.69) is 0 Å². The Morgan fingerprint density at radius 1 is 0.921 bits per heavy atom. The van der Waals surface area contributed by atoms with Gasteiger partial charge in [-0.3, -0.25) is 9.59 Å². The number of hydrogen-bond acceptors (Lipinski definition) is 7. The maximum atomic E-state index is 13.4. The van der Waals surface area contributed by atoms with Crippen molar-refractivity contribution < 1.29 is 28.9 Å². The van der Waals surface area contributed by atoms with Crippen LogP contribution < -0.4 is 14.2 Å². The van der Waals surface area contributed by atoms with Crippen molar-refractivity contribution in [3.8, 4) is 17.2 Å². The third-order valence-corrected chi connectivity index (χ3v) is 6.41. The predicted molar refractivity (Wildman–Crippen MR) is 144 cm³/mol. The minimum absolute atomic E-state index is 0.0134. The molecule has 3 aromatic rings. The van der Waals surface area contributed by atoms with Gasteiger partial charge in [-0.15, -0.1) is 0 Å². The van der Waals surface area contributed by atoms with Crippen LogP contribution in [0.25, 0.3) is 5.76 Å². The normalized spacial score (nSPS) is 16.7. The lowest BCUT2D eigenvalue weighted by atomic mass is 9.94. The van der Waals surface area contributed by atoms with Crippen LogP contribution in [0.15, 0.2) is 78.4 Å². The fraction of sp³-hybridized carbons (Fsp3) is 0.267. The number of nitrogens with zero attached hydrogens (tertiary/aromatic N) is 2. The quantitative estimate of drug-likeness (QED) is 0.245. The zero-order valence-corrected chi connectivity index (χ0v) is 22.0. The molecule has 0 bridgehead atoms. The number of ketones is 1. The number of carbonyl (C=O) groups excluding carboxylic acids is 2. The summed E-state index contributed by atoms with van der Waals surface area (Å²) in [5.74, 6) is -0.346. The van der Waals surface area contributed by atoms with Crippen LogP contribution >= 0.6 is 0 Å². The first-order valence-electron chi connectivity index (χ1n) is 12.3. The Labute approximate surface area is 222 Å². The smallest absolute Gasteiger partial charge is 0.295 e. The molecule has 198 valence electrons. The number of benzene rings is 3. The van der Waals surface area contributed by atoms with E-state index in [4.69, 9.17) is 14.2 Å². The fourth-order valence-corrected chi connectivity index (χ4v) is 4.42. The molecule has 0 radical (unpaired) electrons. The van der Waals surface area contributed by atoms with Crippen LogP contribution in [0.2, 0.25) is 0 Å². The number of amides is 1. The number of hydrogen-bond donors (Lipinski definition) is 1. The number of aliphatic hydroxyl groups is 1. The number of likely N-dealkylation sites (N-methyl/N-ethyl adjacent to an activating group) is 1. The van der Waals surface area contributed by atoms with Crippen molar-refractivity contribution in [1.29, 1.82) is 0 Å². The van der Waals surface area contributed by atoms with Crippen molar-refractivity contribution in [3.05, 3.63) is 95.1 Å². The molecule has 8 nitrogen and oxygen atoms in total. The van der Waals surface area contributed by atoms with Gasteiger partial charge in [0, 0.05) is 13.1 Å². The highest BCUT2D eigenvalue weighted by molar-refractivity contribution is 6.46. The standard InChI is InChI=1S/C30H32N2O6/c1-31(2)15-16-32-27(21-11-8-12-23(17-21)38-19-20-9-6-5-7-10-20)26(29(34)30(32)35)28(33)24-18-22(36-3)13-14-25(24)37-4/h5-14,17-18,27,33H,15-16,19H2,1-4H3/b28-26+. The van der Waals surface area contributed by atoms with Crippen LogP contribution in [0, 0.1) is 0 Å². The lowest BCUT2D eigenvalue weighted by molar-refractivity contribution is -0.140. The molecule has 1 aliphatic rings. The minimum Gasteiger partial charge on any atom is -0.507 e. The van der Waals surface area contributed by atoms with Gasteiger partial charge in [-0.05, 0) is 55.6 Å². The zero-order chi connectivity index (χ0) is 27.2. The molecule has 4 rings (SSSR count). The summed E-state index contributed by atoms with van der Waals surface area (Å²) in [4.78, 5) is 30.1. The molecule has 0 aromatic heterocycles. The zero-order valence-electron chi connectivity index (χ0n) is 22.0. The second-order valence-electron chi connectivity index (χ2n) is 9.21. The van der Waals surface area contributed by atoms with E-state index in [-0.39, 0.29) is 16.9 Å². The summed E-state index contributed by atoms with van der Waals surface area (Å²) in [6, 6.07) is 21.1. The third-order valence-electron chi connectivity index (χ3n) is 6.41. The Balaban J connectivity index is 1.80. The Hall–Kier alpha value is -4.30. The van der Waals surface area contributed by atoms with E-state index in [9.17, 15) is 14.7 Å². The van der Waals surface area contributed by atoms with E-state index in [0.29, 0.717) is 42.5 Å². The molecule has 1 unspecified atom stereocenters. The summed E-state index contributed by atoms with van der Waals surface area (Å²) < 4.78 is 16.8. The van der Waals surface area contributed by atoms with Gasteiger partial charge in [0.05, 0.1) is 31.4 Å². The van der Waals surface area contributed by atoms with E-state index in [0.717, 1.165) is 5.56 Å². The highest BCUT2D eigenvalue weighted by atomic mass is 16.5. The van der Waals surface area contributed by atoms with Crippen LogP contribution in [0.5, 0.6) is 17.2 Å². The Bertz CT molecular complexity index is 1340. The second kappa shape index (κ2) is 11.8. The SMILES string of the molecule is COc1ccc(OC)c(/C(O)=C2\C(=O)C(=O)N(CCN(C)C)C2c2cccc(OCc3ccccc3)c2)c1. The average Bonchev–Trinajstić information content (AvgIpc) is 3.20. The summed E-state index contributed by atoms with van der Waals surface area (Å²) in [7, 11) is 6.77. The number of ether oxygens (including phenoxy) is 3. The van der Waals surface area contributed by atoms with Gasteiger partial charge in [0.2, 0.25) is 0 Å².